The fourth-order valence-corrected chi connectivity index (χ4v) is 2.62. The van der Waals surface area contributed by atoms with Crippen LogP contribution in [0.2, 0.25) is 0 Å². The first-order valence-electron chi connectivity index (χ1n) is 7.08. The Kier molecular flexibility index (Phi) is 4.48. The standard InChI is InChI=1S/C18H14BrN3O/c1-12-10-17(15-11-14(19)3-4-16(15)21-12)22-18(23)5-2-13-6-8-20-9-7-13/h2-11H,1H3,(H,21,22,23). The highest BCUT2D eigenvalue weighted by Gasteiger charge is 2.07. The number of hydrogen-bond acceptors (Lipinski definition) is 3. The Morgan fingerprint density at radius 1 is 1.17 bits per heavy atom. The number of carbonyl (C=O) groups excluding carboxylic acids is 1. The number of carbonyl (C=O) groups is 1. The minimum atomic E-state index is -0.186. The Balaban J connectivity index is 1.87. The third-order valence-electron chi connectivity index (χ3n) is 3.29. The van der Waals surface area contributed by atoms with E-state index < -0.39 is 0 Å². The van der Waals surface area contributed by atoms with Crippen LogP contribution in [0, 0.1) is 6.92 Å². The quantitative estimate of drug-likeness (QED) is 0.700. The number of aromatic nitrogens is 2. The van der Waals surface area contributed by atoms with Gasteiger partial charge in [0.2, 0.25) is 5.91 Å². The van der Waals surface area contributed by atoms with E-state index in [1.165, 1.54) is 6.08 Å². The van der Waals surface area contributed by atoms with Gasteiger partial charge in [-0.3, -0.25) is 14.8 Å². The maximum atomic E-state index is 12.2. The molecule has 3 aromatic rings. The van der Waals surface area contributed by atoms with E-state index in [1.54, 1.807) is 18.5 Å². The van der Waals surface area contributed by atoms with E-state index >= 15 is 0 Å². The molecule has 2 heterocycles. The molecule has 0 radical (unpaired) electrons. The molecule has 0 saturated carbocycles. The fourth-order valence-electron chi connectivity index (χ4n) is 2.25. The second-order valence-electron chi connectivity index (χ2n) is 5.08. The summed E-state index contributed by atoms with van der Waals surface area (Å²) in [7, 11) is 0. The van der Waals surface area contributed by atoms with Crippen molar-refractivity contribution in [2.24, 2.45) is 0 Å². The third-order valence-corrected chi connectivity index (χ3v) is 3.78. The molecule has 0 atom stereocenters. The van der Waals surface area contributed by atoms with E-state index in [-0.39, 0.29) is 5.91 Å². The Morgan fingerprint density at radius 3 is 2.74 bits per heavy atom. The number of anilines is 1. The van der Waals surface area contributed by atoms with Crippen LogP contribution in [0.1, 0.15) is 11.3 Å². The molecule has 4 nitrogen and oxygen atoms in total. The second-order valence-corrected chi connectivity index (χ2v) is 5.99. The highest BCUT2D eigenvalue weighted by Crippen LogP contribution is 2.26. The van der Waals surface area contributed by atoms with Crippen LogP contribution in [0.3, 0.4) is 0 Å². The molecule has 0 spiro atoms. The minimum absolute atomic E-state index is 0.186. The zero-order valence-electron chi connectivity index (χ0n) is 12.5. The molecule has 0 aliphatic heterocycles. The lowest BCUT2D eigenvalue weighted by molar-refractivity contribution is -0.111. The molecule has 0 aliphatic rings. The summed E-state index contributed by atoms with van der Waals surface area (Å²) < 4.78 is 0.943. The van der Waals surface area contributed by atoms with Crippen LogP contribution in [0.15, 0.2) is 59.3 Å². The maximum Gasteiger partial charge on any atom is 0.248 e. The third kappa shape index (κ3) is 3.81. The van der Waals surface area contributed by atoms with Crippen LogP contribution in [-0.4, -0.2) is 15.9 Å². The van der Waals surface area contributed by atoms with Gasteiger partial charge in [-0.15, -0.1) is 0 Å². The van der Waals surface area contributed by atoms with Crippen LogP contribution in [-0.2, 0) is 4.79 Å². The smallest absolute Gasteiger partial charge is 0.248 e. The van der Waals surface area contributed by atoms with Crippen molar-refractivity contribution in [3.63, 3.8) is 0 Å². The Hall–Kier alpha value is -2.53. The molecule has 2 aromatic heterocycles. The van der Waals surface area contributed by atoms with Gasteiger partial charge in [0.05, 0.1) is 11.2 Å². The lowest BCUT2D eigenvalue weighted by Crippen LogP contribution is -2.08. The van der Waals surface area contributed by atoms with Gasteiger partial charge in [0, 0.05) is 34.0 Å². The number of halogens is 1. The fraction of sp³-hybridized carbons (Fsp3) is 0.0556. The van der Waals surface area contributed by atoms with Crippen LogP contribution >= 0.6 is 15.9 Å². The summed E-state index contributed by atoms with van der Waals surface area (Å²) in [6, 6.07) is 11.4. The SMILES string of the molecule is Cc1cc(NC(=O)C=Cc2ccncc2)c2cc(Br)ccc2n1. The first-order valence-corrected chi connectivity index (χ1v) is 7.87. The molecule has 1 N–H and O–H groups in total. The van der Waals surface area contributed by atoms with E-state index in [9.17, 15) is 4.79 Å². The van der Waals surface area contributed by atoms with Crippen LogP contribution in [0.4, 0.5) is 5.69 Å². The van der Waals surface area contributed by atoms with Crippen molar-refractivity contribution < 1.29 is 4.79 Å². The number of aryl methyl sites for hydroxylation is 1. The molecule has 0 bridgehead atoms. The normalized spacial score (nSPS) is 11.0. The maximum absolute atomic E-state index is 12.2. The van der Waals surface area contributed by atoms with Crippen molar-refractivity contribution in [2.75, 3.05) is 5.32 Å². The molecule has 5 heteroatoms. The van der Waals surface area contributed by atoms with Gasteiger partial charge < -0.3 is 5.32 Å². The highest BCUT2D eigenvalue weighted by atomic mass is 79.9. The van der Waals surface area contributed by atoms with E-state index in [2.05, 4.69) is 31.2 Å². The second kappa shape index (κ2) is 6.71. The average molecular weight is 368 g/mol. The molecule has 0 saturated heterocycles. The van der Waals surface area contributed by atoms with Gasteiger partial charge >= 0.3 is 0 Å². The summed E-state index contributed by atoms with van der Waals surface area (Å²) in [4.78, 5) is 20.6. The number of hydrogen-bond donors (Lipinski definition) is 1. The number of amides is 1. The minimum Gasteiger partial charge on any atom is -0.322 e. The number of nitrogens with one attached hydrogen (secondary N) is 1. The van der Waals surface area contributed by atoms with Crippen LogP contribution in [0.5, 0.6) is 0 Å². The average Bonchev–Trinajstić information content (AvgIpc) is 2.54. The van der Waals surface area contributed by atoms with Gasteiger partial charge in [-0.05, 0) is 55.0 Å². The molecule has 1 amide bonds. The molecule has 1 aromatic carbocycles. The largest absolute Gasteiger partial charge is 0.322 e. The number of fused-ring (bicyclic) bond motifs is 1. The molecule has 0 aliphatic carbocycles. The Bertz CT molecular complexity index is 891. The van der Waals surface area contributed by atoms with Gasteiger partial charge in [0.25, 0.3) is 0 Å². The molecule has 0 fully saturated rings. The van der Waals surface area contributed by atoms with E-state index in [0.717, 1.165) is 32.3 Å². The Labute approximate surface area is 142 Å². The van der Waals surface area contributed by atoms with Gasteiger partial charge in [0.15, 0.2) is 0 Å². The molecular formula is C18H14BrN3O. The predicted octanol–water partition coefficient (Wildman–Crippen LogP) is 4.35. The molecule has 3 rings (SSSR count). The van der Waals surface area contributed by atoms with Crippen molar-refractivity contribution in [2.45, 2.75) is 6.92 Å². The summed E-state index contributed by atoms with van der Waals surface area (Å²) in [6.07, 6.45) is 6.64. The lowest BCUT2D eigenvalue weighted by atomic mass is 10.1. The Morgan fingerprint density at radius 2 is 1.96 bits per heavy atom. The zero-order chi connectivity index (χ0) is 16.2. The van der Waals surface area contributed by atoms with E-state index in [0.29, 0.717) is 0 Å². The molecular weight excluding hydrogens is 354 g/mol. The summed E-state index contributed by atoms with van der Waals surface area (Å²) in [6.45, 7) is 1.91. The number of benzene rings is 1. The first-order chi connectivity index (χ1) is 11.1. The van der Waals surface area contributed by atoms with Crippen molar-refractivity contribution in [3.8, 4) is 0 Å². The first kappa shape index (κ1) is 15.4. The van der Waals surface area contributed by atoms with Crippen molar-refractivity contribution in [1.29, 1.82) is 0 Å². The number of nitrogens with zero attached hydrogens (tertiary/aromatic N) is 2. The molecule has 0 unspecified atom stereocenters. The van der Waals surface area contributed by atoms with Gasteiger partial charge in [-0.25, -0.2) is 0 Å². The summed E-state index contributed by atoms with van der Waals surface area (Å²) in [5.41, 5.74) is 3.38. The van der Waals surface area contributed by atoms with Crippen molar-refractivity contribution >= 4 is 44.5 Å². The van der Waals surface area contributed by atoms with Gasteiger partial charge in [0.1, 0.15) is 0 Å². The molecule has 23 heavy (non-hydrogen) atoms. The zero-order valence-corrected chi connectivity index (χ0v) is 14.0. The van der Waals surface area contributed by atoms with Gasteiger partial charge in [-0.1, -0.05) is 15.9 Å². The van der Waals surface area contributed by atoms with Crippen LogP contribution in [0.25, 0.3) is 17.0 Å². The number of rotatable bonds is 3. The monoisotopic (exact) mass is 367 g/mol. The van der Waals surface area contributed by atoms with Gasteiger partial charge in [-0.2, -0.15) is 0 Å². The summed E-state index contributed by atoms with van der Waals surface area (Å²) in [5, 5.41) is 3.82. The van der Waals surface area contributed by atoms with Crippen LogP contribution < -0.4 is 5.32 Å². The predicted molar refractivity (Wildman–Crippen MR) is 96.1 cm³/mol. The van der Waals surface area contributed by atoms with E-state index in [4.69, 9.17) is 0 Å². The van der Waals surface area contributed by atoms with E-state index in [1.807, 2.05) is 43.3 Å². The summed E-state index contributed by atoms with van der Waals surface area (Å²) in [5.74, 6) is -0.186. The lowest BCUT2D eigenvalue weighted by Gasteiger charge is -2.08. The topological polar surface area (TPSA) is 54.9 Å². The number of pyridine rings is 2. The highest BCUT2D eigenvalue weighted by molar-refractivity contribution is 9.10. The summed E-state index contributed by atoms with van der Waals surface area (Å²) >= 11 is 3.45. The molecule has 114 valence electrons. The van der Waals surface area contributed by atoms with Crippen molar-refractivity contribution in [1.82, 2.24) is 9.97 Å². The van der Waals surface area contributed by atoms with Crippen molar-refractivity contribution in [3.05, 3.63) is 70.6 Å².